The van der Waals surface area contributed by atoms with Crippen molar-refractivity contribution in [3.05, 3.63) is 29.6 Å². The van der Waals surface area contributed by atoms with E-state index >= 15 is 0 Å². The molecule has 3 heteroatoms. The van der Waals surface area contributed by atoms with Crippen molar-refractivity contribution in [1.29, 1.82) is 0 Å². The van der Waals surface area contributed by atoms with Gasteiger partial charge in [0.15, 0.2) is 0 Å². The third kappa shape index (κ3) is 13.2. The molecule has 0 amide bonds. The lowest BCUT2D eigenvalue weighted by Gasteiger charge is -2.05. The fourth-order valence-electron chi connectivity index (χ4n) is 2.94. The summed E-state index contributed by atoms with van der Waals surface area (Å²) in [4.78, 5) is 4.35. The molecule has 1 rings (SSSR count). The van der Waals surface area contributed by atoms with Crippen molar-refractivity contribution >= 4 is 0 Å². The van der Waals surface area contributed by atoms with Gasteiger partial charge < -0.3 is 11.6 Å². The number of rotatable bonds is 13. The van der Waals surface area contributed by atoms with Crippen molar-refractivity contribution in [2.24, 2.45) is 0 Å². The van der Waals surface area contributed by atoms with E-state index < -0.39 is 0 Å². The lowest BCUT2D eigenvalue weighted by molar-refractivity contribution is 0.544. The first-order chi connectivity index (χ1) is 10.3. The van der Waals surface area contributed by atoms with E-state index in [1.165, 1.54) is 94.7 Å². The van der Waals surface area contributed by atoms with E-state index in [0.717, 1.165) is 0 Å². The maximum Gasteiger partial charge on any atom is 0.0404 e. The molecule has 1 heterocycles. The highest BCUT2D eigenvalue weighted by molar-refractivity contribution is 5.18. The molecule has 0 fully saturated rings. The van der Waals surface area contributed by atoms with Gasteiger partial charge in [0, 0.05) is 11.9 Å². The SMILES string of the molecule is CCCCCCCCCCCCCCc1cccnc1C.N.O. The van der Waals surface area contributed by atoms with Crippen LogP contribution in [0.2, 0.25) is 0 Å². The van der Waals surface area contributed by atoms with E-state index in [1.54, 1.807) is 0 Å². The van der Waals surface area contributed by atoms with Gasteiger partial charge in [0.25, 0.3) is 0 Å². The summed E-state index contributed by atoms with van der Waals surface area (Å²) >= 11 is 0. The van der Waals surface area contributed by atoms with Crippen LogP contribution in [0.5, 0.6) is 0 Å². The van der Waals surface area contributed by atoms with Gasteiger partial charge >= 0.3 is 0 Å². The molecule has 0 aliphatic carbocycles. The molecule has 0 aliphatic rings. The van der Waals surface area contributed by atoms with E-state index in [2.05, 4.69) is 31.0 Å². The van der Waals surface area contributed by atoms with Crippen LogP contribution in [-0.4, -0.2) is 10.5 Å². The minimum Gasteiger partial charge on any atom is -0.412 e. The Labute approximate surface area is 144 Å². The first-order valence-corrected chi connectivity index (χ1v) is 9.25. The number of unbranched alkanes of at least 4 members (excludes halogenated alkanes) is 11. The summed E-state index contributed by atoms with van der Waals surface area (Å²) in [6, 6.07) is 4.28. The smallest absolute Gasteiger partial charge is 0.0404 e. The Morgan fingerprint density at radius 3 is 1.74 bits per heavy atom. The molecule has 23 heavy (non-hydrogen) atoms. The Hall–Kier alpha value is -0.930. The van der Waals surface area contributed by atoms with Gasteiger partial charge in [0.2, 0.25) is 0 Å². The molecule has 0 aromatic carbocycles. The van der Waals surface area contributed by atoms with Crippen LogP contribution in [0.4, 0.5) is 0 Å². The minimum absolute atomic E-state index is 0. The van der Waals surface area contributed by atoms with Crippen LogP contribution in [0, 0.1) is 6.92 Å². The molecule has 1 aromatic heterocycles. The molecular formula is C20H40N2O. The third-order valence-electron chi connectivity index (χ3n) is 4.42. The standard InChI is InChI=1S/C20H35N.H3N.H2O/c1-3-4-5-6-7-8-9-10-11-12-13-14-16-20-17-15-18-21-19(20)2;;/h15,17-18H,3-14,16H2,1-2H3;1H3;1H2. The second-order valence-electron chi connectivity index (χ2n) is 6.39. The number of hydrogen-bond donors (Lipinski definition) is 1. The van der Waals surface area contributed by atoms with E-state index in [9.17, 15) is 0 Å². The monoisotopic (exact) mass is 324 g/mol. The molecule has 3 nitrogen and oxygen atoms in total. The average Bonchev–Trinajstić information content (AvgIpc) is 2.50. The Morgan fingerprint density at radius 2 is 1.26 bits per heavy atom. The van der Waals surface area contributed by atoms with Crippen LogP contribution in [0.3, 0.4) is 0 Å². The number of nitrogens with zero attached hydrogens (tertiary/aromatic N) is 1. The first-order valence-electron chi connectivity index (χ1n) is 9.25. The van der Waals surface area contributed by atoms with Gasteiger partial charge in [-0.1, -0.05) is 83.6 Å². The van der Waals surface area contributed by atoms with Crippen molar-refractivity contribution in [1.82, 2.24) is 11.1 Å². The molecule has 0 aliphatic heterocycles. The lowest BCUT2D eigenvalue weighted by Crippen LogP contribution is -1.92. The molecular weight excluding hydrogens is 284 g/mol. The van der Waals surface area contributed by atoms with Gasteiger partial charge in [0.05, 0.1) is 0 Å². The lowest BCUT2D eigenvalue weighted by atomic mass is 10.0. The Kier molecular flexibility index (Phi) is 18.4. The van der Waals surface area contributed by atoms with Crippen LogP contribution < -0.4 is 6.15 Å². The first kappa shape index (κ1) is 24.3. The molecule has 0 saturated carbocycles. The van der Waals surface area contributed by atoms with Crippen LogP contribution >= 0.6 is 0 Å². The van der Waals surface area contributed by atoms with Crippen molar-refractivity contribution in [3.63, 3.8) is 0 Å². The molecule has 0 atom stereocenters. The average molecular weight is 325 g/mol. The Bertz CT molecular complexity index is 355. The van der Waals surface area contributed by atoms with Gasteiger partial charge in [-0.05, 0) is 31.4 Å². The topological polar surface area (TPSA) is 79.4 Å². The minimum atomic E-state index is 0. The summed E-state index contributed by atoms with van der Waals surface area (Å²) in [7, 11) is 0. The normalized spacial score (nSPS) is 10.0. The Balaban J connectivity index is 0. The zero-order valence-electron chi connectivity index (χ0n) is 15.6. The van der Waals surface area contributed by atoms with Gasteiger partial charge in [0.1, 0.15) is 0 Å². The third-order valence-corrected chi connectivity index (χ3v) is 4.42. The summed E-state index contributed by atoms with van der Waals surface area (Å²) in [5.74, 6) is 0. The highest BCUT2D eigenvalue weighted by Gasteiger charge is 1.98. The molecule has 0 saturated heterocycles. The zero-order valence-corrected chi connectivity index (χ0v) is 15.6. The summed E-state index contributed by atoms with van der Waals surface area (Å²) in [5.41, 5.74) is 2.64. The van der Waals surface area contributed by atoms with Crippen LogP contribution in [0.25, 0.3) is 0 Å². The maximum absolute atomic E-state index is 4.35. The molecule has 1 aromatic rings. The molecule has 0 unspecified atom stereocenters. The summed E-state index contributed by atoms with van der Waals surface area (Å²) < 4.78 is 0. The second-order valence-corrected chi connectivity index (χ2v) is 6.39. The van der Waals surface area contributed by atoms with Crippen molar-refractivity contribution in [3.8, 4) is 0 Å². The van der Waals surface area contributed by atoms with Gasteiger partial charge in [-0.25, -0.2) is 0 Å². The number of hydrogen-bond acceptors (Lipinski definition) is 2. The predicted octanol–water partition coefficient (Wildman–Crippen LogP) is 5.97. The highest BCUT2D eigenvalue weighted by atomic mass is 16.0. The number of aryl methyl sites for hydroxylation is 2. The fourth-order valence-corrected chi connectivity index (χ4v) is 2.94. The Morgan fingerprint density at radius 1 is 0.783 bits per heavy atom. The molecule has 0 radical (unpaired) electrons. The fraction of sp³-hybridized carbons (Fsp3) is 0.750. The number of pyridine rings is 1. The summed E-state index contributed by atoms with van der Waals surface area (Å²) in [6.45, 7) is 4.41. The van der Waals surface area contributed by atoms with E-state index in [-0.39, 0.29) is 11.6 Å². The molecule has 0 bridgehead atoms. The van der Waals surface area contributed by atoms with E-state index in [1.807, 2.05) is 6.20 Å². The van der Waals surface area contributed by atoms with Crippen LogP contribution in [-0.2, 0) is 6.42 Å². The maximum atomic E-state index is 4.35. The molecule has 136 valence electrons. The second kappa shape index (κ2) is 17.4. The molecule has 5 N–H and O–H groups in total. The van der Waals surface area contributed by atoms with Crippen LogP contribution in [0.15, 0.2) is 18.3 Å². The van der Waals surface area contributed by atoms with Crippen molar-refractivity contribution < 1.29 is 5.48 Å². The zero-order chi connectivity index (χ0) is 15.2. The summed E-state index contributed by atoms with van der Waals surface area (Å²) in [5, 5.41) is 0. The van der Waals surface area contributed by atoms with E-state index in [4.69, 9.17) is 0 Å². The quantitative estimate of drug-likeness (QED) is 0.453. The van der Waals surface area contributed by atoms with E-state index in [0.29, 0.717) is 0 Å². The highest BCUT2D eigenvalue weighted by Crippen LogP contribution is 2.14. The summed E-state index contributed by atoms with van der Waals surface area (Å²) in [6.07, 6.45) is 20.1. The largest absolute Gasteiger partial charge is 0.412 e. The van der Waals surface area contributed by atoms with Crippen molar-refractivity contribution in [2.75, 3.05) is 0 Å². The predicted molar refractivity (Wildman–Crippen MR) is 102 cm³/mol. The van der Waals surface area contributed by atoms with Crippen molar-refractivity contribution in [2.45, 2.75) is 97.3 Å². The number of aromatic nitrogens is 1. The van der Waals surface area contributed by atoms with Gasteiger partial charge in [-0.3, -0.25) is 4.98 Å². The van der Waals surface area contributed by atoms with Gasteiger partial charge in [-0.2, -0.15) is 0 Å². The molecule has 0 spiro atoms. The van der Waals surface area contributed by atoms with Gasteiger partial charge in [-0.15, -0.1) is 0 Å². The van der Waals surface area contributed by atoms with Crippen LogP contribution in [0.1, 0.15) is 95.2 Å².